The first kappa shape index (κ1) is 10.5. The van der Waals surface area contributed by atoms with E-state index in [0.717, 1.165) is 39.1 Å². The van der Waals surface area contributed by atoms with Gasteiger partial charge in [-0.2, -0.15) is 0 Å². The molecule has 3 aliphatic heterocycles. The van der Waals surface area contributed by atoms with Gasteiger partial charge >= 0.3 is 0 Å². The van der Waals surface area contributed by atoms with E-state index < -0.39 is 0 Å². The first-order chi connectivity index (χ1) is 7.79. The van der Waals surface area contributed by atoms with E-state index in [4.69, 9.17) is 4.74 Å². The highest BCUT2D eigenvalue weighted by molar-refractivity contribution is 5.82. The van der Waals surface area contributed by atoms with Gasteiger partial charge in [-0.15, -0.1) is 0 Å². The highest BCUT2D eigenvalue weighted by atomic mass is 16.5. The third-order valence-electron chi connectivity index (χ3n) is 4.09. The zero-order chi connectivity index (χ0) is 11.0. The number of nitrogens with zero attached hydrogens (tertiary/aromatic N) is 1. The molecule has 0 aromatic rings. The summed E-state index contributed by atoms with van der Waals surface area (Å²) in [7, 11) is 0. The van der Waals surface area contributed by atoms with Crippen molar-refractivity contribution in [2.45, 2.75) is 43.7 Å². The summed E-state index contributed by atoms with van der Waals surface area (Å²) in [6, 6.07) is 0. The average molecular weight is 224 g/mol. The quantitative estimate of drug-likeness (QED) is 0.706. The first-order valence-electron chi connectivity index (χ1n) is 6.45. The molecule has 3 rings (SSSR count). The van der Waals surface area contributed by atoms with Crippen molar-refractivity contribution in [1.29, 1.82) is 0 Å². The average Bonchev–Trinajstić information content (AvgIpc) is 2.79. The van der Waals surface area contributed by atoms with Crippen LogP contribution in [-0.2, 0) is 9.53 Å². The van der Waals surface area contributed by atoms with Gasteiger partial charge in [0.25, 0.3) is 5.91 Å². The monoisotopic (exact) mass is 224 g/mol. The van der Waals surface area contributed by atoms with Crippen LogP contribution in [0.3, 0.4) is 0 Å². The van der Waals surface area contributed by atoms with E-state index in [1.165, 1.54) is 19.3 Å². The Morgan fingerprint density at radius 3 is 2.81 bits per heavy atom. The molecule has 3 heterocycles. The molecule has 1 N–H and O–H groups in total. The van der Waals surface area contributed by atoms with Crippen molar-refractivity contribution in [2.24, 2.45) is 0 Å². The molecule has 0 aromatic carbocycles. The summed E-state index contributed by atoms with van der Waals surface area (Å²) in [5.74, 6) is 0.218. The van der Waals surface area contributed by atoms with Crippen LogP contribution in [0, 0.1) is 0 Å². The number of rotatable bonds is 1. The standard InChI is InChI=1S/C12H20N2O2/c15-11(10-4-3-7-16-10)14-8-12(9-14)5-1-2-6-13-12/h10,13H,1-9H2/t10-/m1/s1. The second kappa shape index (κ2) is 4.00. The molecule has 0 radical (unpaired) electrons. The highest BCUT2D eigenvalue weighted by Gasteiger charge is 2.47. The molecule has 0 aliphatic carbocycles. The Morgan fingerprint density at radius 1 is 1.31 bits per heavy atom. The molecular weight excluding hydrogens is 204 g/mol. The first-order valence-corrected chi connectivity index (χ1v) is 6.45. The molecule has 1 atom stereocenters. The molecular formula is C12H20N2O2. The van der Waals surface area contributed by atoms with Gasteiger partial charge in [0.05, 0.1) is 5.54 Å². The molecule has 0 bridgehead atoms. The Labute approximate surface area is 96.3 Å². The number of nitrogens with one attached hydrogen (secondary N) is 1. The topological polar surface area (TPSA) is 41.6 Å². The predicted molar refractivity (Wildman–Crippen MR) is 60.1 cm³/mol. The Morgan fingerprint density at radius 2 is 2.19 bits per heavy atom. The molecule has 1 spiro atoms. The van der Waals surface area contributed by atoms with Crippen LogP contribution in [-0.4, -0.2) is 48.7 Å². The molecule has 16 heavy (non-hydrogen) atoms. The molecule has 4 heteroatoms. The zero-order valence-corrected chi connectivity index (χ0v) is 9.71. The number of piperidine rings is 1. The number of ether oxygens (including phenoxy) is 1. The van der Waals surface area contributed by atoms with Gasteiger partial charge in [-0.25, -0.2) is 0 Å². The molecule has 1 amide bonds. The molecule has 3 aliphatic rings. The van der Waals surface area contributed by atoms with Crippen molar-refractivity contribution in [2.75, 3.05) is 26.2 Å². The van der Waals surface area contributed by atoms with E-state index in [1.807, 2.05) is 4.90 Å². The molecule has 3 fully saturated rings. The van der Waals surface area contributed by atoms with Gasteiger partial charge in [-0.3, -0.25) is 4.79 Å². The number of likely N-dealkylation sites (tertiary alicyclic amines) is 1. The van der Waals surface area contributed by atoms with Gasteiger partial charge in [-0.1, -0.05) is 6.42 Å². The summed E-state index contributed by atoms with van der Waals surface area (Å²) in [6.07, 6.45) is 5.61. The van der Waals surface area contributed by atoms with Gasteiger partial charge in [0.2, 0.25) is 0 Å². The molecule has 0 aromatic heterocycles. The molecule has 90 valence electrons. The van der Waals surface area contributed by atoms with Crippen LogP contribution in [0.2, 0.25) is 0 Å². The number of carbonyl (C=O) groups excluding carboxylic acids is 1. The van der Waals surface area contributed by atoms with Crippen LogP contribution in [0.5, 0.6) is 0 Å². The second-order valence-corrected chi connectivity index (χ2v) is 5.36. The van der Waals surface area contributed by atoms with E-state index in [9.17, 15) is 4.79 Å². The van der Waals surface area contributed by atoms with Crippen LogP contribution >= 0.6 is 0 Å². The third-order valence-corrected chi connectivity index (χ3v) is 4.09. The van der Waals surface area contributed by atoms with E-state index in [0.29, 0.717) is 0 Å². The third kappa shape index (κ3) is 1.74. The predicted octanol–water partition coefficient (Wildman–Crippen LogP) is 0.520. The van der Waals surface area contributed by atoms with Crippen LogP contribution in [0.25, 0.3) is 0 Å². The summed E-state index contributed by atoms with van der Waals surface area (Å²) in [5.41, 5.74) is 0.256. The van der Waals surface area contributed by atoms with Crippen molar-refractivity contribution >= 4 is 5.91 Å². The smallest absolute Gasteiger partial charge is 0.251 e. The maximum Gasteiger partial charge on any atom is 0.251 e. The van der Waals surface area contributed by atoms with Crippen molar-refractivity contribution in [3.63, 3.8) is 0 Å². The lowest BCUT2D eigenvalue weighted by Crippen LogP contribution is -2.72. The molecule has 0 unspecified atom stereocenters. The number of hydrogen-bond donors (Lipinski definition) is 1. The van der Waals surface area contributed by atoms with E-state index in [-0.39, 0.29) is 17.6 Å². The van der Waals surface area contributed by atoms with Crippen molar-refractivity contribution in [3.8, 4) is 0 Å². The number of hydrogen-bond acceptors (Lipinski definition) is 3. The minimum Gasteiger partial charge on any atom is -0.368 e. The molecule has 4 nitrogen and oxygen atoms in total. The Balaban J connectivity index is 1.53. The summed E-state index contributed by atoms with van der Waals surface area (Å²) in [4.78, 5) is 14.0. The minimum atomic E-state index is -0.138. The summed E-state index contributed by atoms with van der Waals surface area (Å²) in [6.45, 7) is 3.66. The lowest BCUT2D eigenvalue weighted by atomic mass is 9.81. The van der Waals surface area contributed by atoms with E-state index >= 15 is 0 Å². The molecule has 3 saturated heterocycles. The fourth-order valence-corrected chi connectivity index (χ4v) is 3.12. The maximum atomic E-state index is 12.0. The van der Waals surface area contributed by atoms with Crippen LogP contribution < -0.4 is 5.32 Å². The van der Waals surface area contributed by atoms with Crippen molar-refractivity contribution in [3.05, 3.63) is 0 Å². The largest absolute Gasteiger partial charge is 0.368 e. The van der Waals surface area contributed by atoms with Gasteiger partial charge in [0.15, 0.2) is 0 Å². The Hall–Kier alpha value is -0.610. The number of carbonyl (C=O) groups is 1. The Bertz CT molecular complexity index is 273. The summed E-state index contributed by atoms with van der Waals surface area (Å²) in [5, 5.41) is 3.57. The van der Waals surface area contributed by atoms with Gasteiger partial charge in [0.1, 0.15) is 6.10 Å². The number of amides is 1. The highest BCUT2D eigenvalue weighted by Crippen LogP contribution is 2.31. The van der Waals surface area contributed by atoms with Crippen molar-refractivity contribution < 1.29 is 9.53 Å². The van der Waals surface area contributed by atoms with E-state index in [1.54, 1.807) is 0 Å². The van der Waals surface area contributed by atoms with Gasteiger partial charge in [0, 0.05) is 19.7 Å². The Kier molecular flexibility index (Phi) is 2.64. The molecule has 0 saturated carbocycles. The lowest BCUT2D eigenvalue weighted by Gasteiger charge is -2.53. The van der Waals surface area contributed by atoms with Crippen LogP contribution in [0.4, 0.5) is 0 Å². The summed E-state index contributed by atoms with van der Waals surface area (Å²) >= 11 is 0. The van der Waals surface area contributed by atoms with Crippen molar-refractivity contribution in [1.82, 2.24) is 10.2 Å². The maximum absolute atomic E-state index is 12.0. The van der Waals surface area contributed by atoms with Gasteiger partial charge in [-0.05, 0) is 32.2 Å². The summed E-state index contributed by atoms with van der Waals surface area (Å²) < 4.78 is 5.44. The normalized spacial score (nSPS) is 32.8. The van der Waals surface area contributed by atoms with Crippen LogP contribution in [0.15, 0.2) is 0 Å². The SMILES string of the molecule is O=C([C@H]1CCCO1)N1CC2(CCCCN2)C1. The fraction of sp³-hybridized carbons (Fsp3) is 0.917. The minimum absolute atomic E-state index is 0.138. The van der Waals surface area contributed by atoms with E-state index in [2.05, 4.69) is 5.32 Å². The van der Waals surface area contributed by atoms with Crippen LogP contribution in [0.1, 0.15) is 32.1 Å². The fourth-order valence-electron chi connectivity index (χ4n) is 3.12. The second-order valence-electron chi connectivity index (χ2n) is 5.36. The lowest BCUT2D eigenvalue weighted by molar-refractivity contribution is -0.150. The zero-order valence-electron chi connectivity index (χ0n) is 9.71. The van der Waals surface area contributed by atoms with Gasteiger partial charge < -0.3 is 15.0 Å².